The molecule has 1 aromatic rings. The highest BCUT2D eigenvalue weighted by molar-refractivity contribution is 5.95. The molecule has 6 nitrogen and oxygen atoms in total. The van der Waals surface area contributed by atoms with Crippen LogP contribution in [0.5, 0.6) is 0 Å². The van der Waals surface area contributed by atoms with Crippen LogP contribution in [0.4, 0.5) is 4.39 Å². The molecule has 2 atom stereocenters. The summed E-state index contributed by atoms with van der Waals surface area (Å²) in [6, 6.07) is 1.21. The zero-order valence-electron chi connectivity index (χ0n) is 12.4. The first kappa shape index (κ1) is 14.9. The smallest absolute Gasteiger partial charge is 0.257 e. The van der Waals surface area contributed by atoms with Gasteiger partial charge in [-0.25, -0.2) is 4.39 Å². The quantitative estimate of drug-likeness (QED) is 0.821. The highest BCUT2D eigenvalue weighted by Gasteiger charge is 2.48. The Morgan fingerprint density at radius 3 is 3.05 bits per heavy atom. The number of carbonyl (C=O) groups excluding carboxylic acids is 2. The summed E-state index contributed by atoms with van der Waals surface area (Å²) >= 11 is 0. The van der Waals surface area contributed by atoms with E-state index in [0.717, 1.165) is 12.6 Å². The van der Waals surface area contributed by atoms with Gasteiger partial charge in [0.05, 0.1) is 30.5 Å². The minimum atomic E-state index is -0.628. The lowest BCUT2D eigenvalue weighted by molar-refractivity contribution is -0.129. The fourth-order valence-corrected chi connectivity index (χ4v) is 3.36. The van der Waals surface area contributed by atoms with Crippen LogP contribution in [-0.2, 0) is 9.53 Å². The predicted molar refractivity (Wildman–Crippen MR) is 75.6 cm³/mol. The fourth-order valence-electron chi connectivity index (χ4n) is 3.36. The Kier molecular flexibility index (Phi) is 4.06. The Hall–Kier alpha value is -2.02. The van der Waals surface area contributed by atoms with Crippen LogP contribution < -0.4 is 0 Å². The van der Waals surface area contributed by atoms with Gasteiger partial charge in [-0.1, -0.05) is 0 Å². The molecule has 2 fully saturated rings. The van der Waals surface area contributed by atoms with Crippen LogP contribution in [0, 0.1) is 5.82 Å². The van der Waals surface area contributed by atoms with Crippen LogP contribution in [0.1, 0.15) is 23.2 Å². The number of amides is 2. The third-order valence-corrected chi connectivity index (χ3v) is 4.41. The van der Waals surface area contributed by atoms with Gasteiger partial charge in [-0.2, -0.15) is 0 Å². The van der Waals surface area contributed by atoms with Crippen LogP contribution >= 0.6 is 0 Å². The van der Waals surface area contributed by atoms with Crippen LogP contribution in [0.25, 0.3) is 0 Å². The summed E-state index contributed by atoms with van der Waals surface area (Å²) in [6.07, 6.45) is 3.45. The molecule has 0 spiro atoms. The van der Waals surface area contributed by atoms with Crippen molar-refractivity contribution in [3.05, 3.63) is 29.8 Å². The van der Waals surface area contributed by atoms with Crippen molar-refractivity contribution in [1.82, 2.24) is 14.8 Å². The Bertz CT molecular complexity index is 595. The van der Waals surface area contributed by atoms with Crippen molar-refractivity contribution in [2.45, 2.75) is 24.9 Å². The summed E-state index contributed by atoms with van der Waals surface area (Å²) in [6.45, 7) is 1.54. The van der Waals surface area contributed by atoms with Crippen molar-refractivity contribution in [2.24, 2.45) is 0 Å². The van der Waals surface area contributed by atoms with E-state index in [2.05, 4.69) is 4.98 Å². The number of pyridine rings is 1. The molecule has 22 heavy (non-hydrogen) atoms. The van der Waals surface area contributed by atoms with Gasteiger partial charge in [0.1, 0.15) is 0 Å². The third kappa shape index (κ3) is 2.45. The normalized spacial score (nSPS) is 24.0. The topological polar surface area (TPSA) is 62.7 Å². The van der Waals surface area contributed by atoms with Crippen molar-refractivity contribution >= 4 is 11.8 Å². The molecule has 0 aromatic carbocycles. The number of nitrogens with zero attached hydrogens (tertiary/aromatic N) is 3. The lowest BCUT2D eigenvalue weighted by Gasteiger charge is -2.25. The molecule has 0 bridgehead atoms. The lowest BCUT2D eigenvalue weighted by Crippen LogP contribution is -2.41. The molecule has 3 heterocycles. The predicted octanol–water partition coefficient (Wildman–Crippen LogP) is 0.682. The van der Waals surface area contributed by atoms with Crippen molar-refractivity contribution < 1.29 is 18.7 Å². The van der Waals surface area contributed by atoms with Gasteiger partial charge in [0.25, 0.3) is 5.91 Å². The summed E-state index contributed by atoms with van der Waals surface area (Å²) in [5.41, 5.74) is 0.0124. The summed E-state index contributed by atoms with van der Waals surface area (Å²) < 4.78 is 18.8. The molecule has 0 aliphatic carbocycles. The van der Waals surface area contributed by atoms with E-state index in [1.807, 2.05) is 0 Å². The Balaban J connectivity index is 1.77. The average Bonchev–Trinajstić information content (AvgIpc) is 3.03. The van der Waals surface area contributed by atoms with E-state index in [-0.39, 0.29) is 29.5 Å². The second kappa shape index (κ2) is 6.00. The van der Waals surface area contributed by atoms with E-state index in [0.29, 0.717) is 26.1 Å². The van der Waals surface area contributed by atoms with Crippen LogP contribution in [0.2, 0.25) is 0 Å². The van der Waals surface area contributed by atoms with E-state index in [4.69, 9.17) is 4.74 Å². The second-order valence-corrected chi connectivity index (χ2v) is 5.56. The van der Waals surface area contributed by atoms with Gasteiger partial charge in [0, 0.05) is 32.8 Å². The number of halogens is 1. The number of hydrogen-bond donors (Lipinski definition) is 0. The highest BCUT2D eigenvalue weighted by atomic mass is 19.1. The Morgan fingerprint density at radius 2 is 2.32 bits per heavy atom. The largest absolute Gasteiger partial charge is 0.383 e. The molecule has 0 radical (unpaired) electrons. The number of carbonyl (C=O) groups is 2. The standard InChI is InChI=1S/C15H18FN3O3/c1-22-7-6-18-12-3-5-19(13(12)8-14(18)20)15(21)10-2-4-17-9-11(10)16/h2,4,9,12-13H,3,5-8H2,1H3/t12-,13-/m0/s1. The first-order valence-electron chi connectivity index (χ1n) is 7.32. The molecule has 2 saturated heterocycles. The summed E-state index contributed by atoms with van der Waals surface area (Å²) in [5, 5.41) is 0. The second-order valence-electron chi connectivity index (χ2n) is 5.56. The maximum absolute atomic E-state index is 13.8. The molecule has 0 saturated carbocycles. The lowest BCUT2D eigenvalue weighted by atomic mass is 10.1. The minimum absolute atomic E-state index is 0.0106. The average molecular weight is 307 g/mol. The zero-order chi connectivity index (χ0) is 15.7. The van der Waals surface area contributed by atoms with Crippen molar-refractivity contribution in [3.8, 4) is 0 Å². The number of rotatable bonds is 4. The van der Waals surface area contributed by atoms with E-state index >= 15 is 0 Å². The van der Waals surface area contributed by atoms with E-state index in [1.165, 1.54) is 12.3 Å². The van der Waals surface area contributed by atoms with Gasteiger partial charge < -0.3 is 14.5 Å². The molecule has 7 heteroatoms. The van der Waals surface area contributed by atoms with Gasteiger partial charge in [-0.15, -0.1) is 0 Å². The number of ether oxygens (including phenoxy) is 1. The van der Waals surface area contributed by atoms with Crippen LogP contribution in [0.3, 0.4) is 0 Å². The van der Waals surface area contributed by atoms with Gasteiger partial charge in [-0.3, -0.25) is 14.6 Å². The molecule has 2 aliphatic heterocycles. The van der Waals surface area contributed by atoms with Gasteiger partial charge in [0.2, 0.25) is 5.91 Å². The van der Waals surface area contributed by atoms with Crippen LogP contribution in [0.15, 0.2) is 18.5 Å². The maximum atomic E-state index is 13.8. The number of likely N-dealkylation sites (tertiary alicyclic amines) is 2. The maximum Gasteiger partial charge on any atom is 0.257 e. The van der Waals surface area contributed by atoms with Gasteiger partial charge in [-0.05, 0) is 12.5 Å². The molecule has 0 N–H and O–H groups in total. The van der Waals surface area contributed by atoms with Crippen molar-refractivity contribution in [1.29, 1.82) is 0 Å². The van der Waals surface area contributed by atoms with Crippen LogP contribution in [-0.4, -0.2) is 65.5 Å². The molecule has 0 unspecified atom stereocenters. The van der Waals surface area contributed by atoms with Gasteiger partial charge >= 0.3 is 0 Å². The monoisotopic (exact) mass is 307 g/mol. The Labute approximate surface area is 127 Å². The molecular formula is C15H18FN3O3. The molecule has 2 amide bonds. The number of aromatic nitrogens is 1. The van der Waals surface area contributed by atoms with Crippen molar-refractivity contribution in [2.75, 3.05) is 26.8 Å². The first-order chi connectivity index (χ1) is 10.6. The fraction of sp³-hybridized carbons (Fsp3) is 0.533. The zero-order valence-corrected chi connectivity index (χ0v) is 12.4. The third-order valence-electron chi connectivity index (χ3n) is 4.41. The van der Waals surface area contributed by atoms with E-state index < -0.39 is 5.82 Å². The highest BCUT2D eigenvalue weighted by Crippen LogP contribution is 2.33. The van der Waals surface area contributed by atoms with Gasteiger partial charge in [0.15, 0.2) is 5.82 Å². The Morgan fingerprint density at radius 1 is 1.50 bits per heavy atom. The van der Waals surface area contributed by atoms with E-state index in [9.17, 15) is 14.0 Å². The summed E-state index contributed by atoms with van der Waals surface area (Å²) in [7, 11) is 1.59. The first-order valence-corrected chi connectivity index (χ1v) is 7.32. The molecule has 3 rings (SSSR count). The SMILES string of the molecule is COCCN1C(=O)C[C@H]2[C@@H]1CCN2C(=O)c1ccncc1F. The summed E-state index contributed by atoms with van der Waals surface area (Å²) in [5.74, 6) is -0.968. The number of fused-ring (bicyclic) bond motifs is 1. The number of methoxy groups -OCH3 is 1. The summed E-state index contributed by atoms with van der Waals surface area (Å²) in [4.78, 5) is 31.7. The molecule has 2 aliphatic rings. The minimum Gasteiger partial charge on any atom is -0.383 e. The molecular weight excluding hydrogens is 289 g/mol. The molecule has 118 valence electrons. The molecule has 1 aromatic heterocycles. The van der Waals surface area contributed by atoms with E-state index in [1.54, 1.807) is 16.9 Å². The van der Waals surface area contributed by atoms with Crippen molar-refractivity contribution in [3.63, 3.8) is 0 Å². The number of hydrogen-bond acceptors (Lipinski definition) is 4.